The van der Waals surface area contributed by atoms with E-state index in [-0.39, 0.29) is 117 Å². The van der Waals surface area contributed by atoms with Crippen molar-refractivity contribution >= 4 is 98.7 Å². The van der Waals surface area contributed by atoms with Crippen molar-refractivity contribution in [2.24, 2.45) is 0 Å². The summed E-state index contributed by atoms with van der Waals surface area (Å²) in [6.45, 7) is 0. The second-order valence-corrected chi connectivity index (χ2v) is 20.9. The second kappa shape index (κ2) is 24.5. The number of hydrogen-bond acceptors (Lipinski definition) is 16. The molecule has 2 heterocycles. The zero-order valence-corrected chi connectivity index (χ0v) is 49.3. The third kappa shape index (κ3) is 13.6. The van der Waals surface area contributed by atoms with Gasteiger partial charge in [-0.05, 0) is 127 Å². The van der Waals surface area contributed by atoms with Crippen LogP contribution in [0.3, 0.4) is 0 Å². The fourth-order valence-corrected chi connectivity index (χ4v) is 10.3. The van der Waals surface area contributed by atoms with Crippen LogP contribution in [0.25, 0.3) is 55.2 Å². The number of benzene rings is 10. The predicted molar refractivity (Wildman–Crippen MR) is 304 cm³/mol. The molecule has 0 aliphatic carbocycles. The molecule has 0 saturated heterocycles. The summed E-state index contributed by atoms with van der Waals surface area (Å²) in [4.78, 5) is 16.8. The normalized spacial score (nSPS) is 11.5. The molecular formula is C62H40N6Na2O10S2. The van der Waals surface area contributed by atoms with Crippen LogP contribution in [0.1, 0.15) is 11.1 Å². The van der Waals surface area contributed by atoms with E-state index >= 15 is 0 Å². The van der Waals surface area contributed by atoms with Crippen LogP contribution >= 0.6 is 0 Å². The third-order valence-electron chi connectivity index (χ3n) is 12.7. The van der Waals surface area contributed by atoms with E-state index in [0.29, 0.717) is 23.0 Å². The number of nitrogens with one attached hydrogen (secondary N) is 2. The monoisotopic (exact) mass is 1140 g/mol. The quantitative estimate of drug-likeness (QED) is 0.0525. The average Bonchev–Trinajstić information content (AvgIpc) is 3.46. The van der Waals surface area contributed by atoms with E-state index in [0.717, 1.165) is 55.2 Å². The minimum absolute atomic E-state index is 0. The molecule has 10 aromatic carbocycles. The van der Waals surface area contributed by atoms with Gasteiger partial charge in [-0.3, -0.25) is 0 Å². The van der Waals surface area contributed by atoms with Gasteiger partial charge in [-0.1, -0.05) is 146 Å². The van der Waals surface area contributed by atoms with Crippen molar-refractivity contribution in [2.75, 3.05) is 10.6 Å². The van der Waals surface area contributed by atoms with Gasteiger partial charge in [0.05, 0.1) is 21.9 Å². The van der Waals surface area contributed by atoms with Crippen molar-refractivity contribution in [3.05, 3.63) is 230 Å². The van der Waals surface area contributed by atoms with Crippen LogP contribution in [-0.4, -0.2) is 45.9 Å². The number of hydrogen-bond donors (Lipinski definition) is 2. The van der Waals surface area contributed by atoms with E-state index in [9.17, 15) is 25.9 Å². The first-order valence-electron chi connectivity index (χ1n) is 24.6. The fourth-order valence-electron chi connectivity index (χ4n) is 8.91. The number of anilines is 4. The van der Waals surface area contributed by atoms with Crippen LogP contribution in [0.5, 0.6) is 46.5 Å². The van der Waals surface area contributed by atoms with Gasteiger partial charge in [0, 0.05) is 11.4 Å². The Labute approximate surface area is 514 Å². The molecule has 0 radical (unpaired) electrons. The summed E-state index contributed by atoms with van der Waals surface area (Å²) in [5.74, 6) is 2.07. The van der Waals surface area contributed by atoms with Crippen LogP contribution < -0.4 is 88.7 Å². The molecular weight excluding hydrogens is 1100 g/mol. The molecule has 16 nitrogen and oxygen atoms in total. The molecule has 2 N–H and O–H groups in total. The Morgan fingerprint density at radius 2 is 0.598 bits per heavy atom. The maximum atomic E-state index is 12.9. The molecule has 82 heavy (non-hydrogen) atoms. The SMILES string of the molecule is O=S(=O)([O-])c1cc(Nc2nc(Oc3ccc4ccccc4c3)cc(Oc3ccc4ccccc4c3)n2)ccc1C=Cc1ccc(Nc2nc(Oc3ccc4ccccc4c3)cc(Oc3ccc4ccccc4c3)n2)cc1S(=O)(=O)[O-].[Na+].[Na+]. The van der Waals surface area contributed by atoms with Crippen LogP contribution in [-0.2, 0) is 20.2 Å². The summed E-state index contributed by atoms with van der Waals surface area (Å²) in [5.41, 5.74) is -0.0531. The number of fused-ring (bicyclic) bond motifs is 4. The first kappa shape index (κ1) is 57.0. The number of ether oxygens (including phenoxy) is 4. The first-order chi connectivity index (χ1) is 38.8. The second-order valence-electron chi connectivity index (χ2n) is 18.2. The van der Waals surface area contributed by atoms with Crippen LogP contribution in [0, 0.1) is 0 Å². The molecule has 20 heteroatoms. The molecule has 0 aliphatic heterocycles. The van der Waals surface area contributed by atoms with Crippen LogP contribution in [0.15, 0.2) is 228 Å². The number of aromatic nitrogens is 4. The number of nitrogens with zero attached hydrogens (tertiary/aromatic N) is 4. The van der Waals surface area contributed by atoms with Gasteiger partial charge < -0.3 is 38.7 Å². The number of rotatable bonds is 16. The molecule has 12 aromatic rings. The first-order valence-corrected chi connectivity index (χ1v) is 27.4. The summed E-state index contributed by atoms with van der Waals surface area (Å²) in [5, 5.41) is 13.7. The van der Waals surface area contributed by atoms with Gasteiger partial charge in [0.1, 0.15) is 43.2 Å². The summed E-state index contributed by atoms with van der Waals surface area (Å²) in [7, 11) is -10.4. The van der Waals surface area contributed by atoms with Crippen LogP contribution in [0.4, 0.5) is 23.3 Å². The molecule has 0 unspecified atom stereocenters. The van der Waals surface area contributed by atoms with E-state index < -0.39 is 30.0 Å². The molecule has 2 aromatic heterocycles. The summed E-state index contributed by atoms with van der Waals surface area (Å²) >= 11 is 0. The molecule has 0 fully saturated rings. The Morgan fingerprint density at radius 3 is 0.866 bits per heavy atom. The van der Waals surface area contributed by atoms with E-state index in [4.69, 9.17) is 18.9 Å². The zero-order chi connectivity index (χ0) is 54.8. The molecule has 0 atom stereocenters. The summed E-state index contributed by atoms with van der Waals surface area (Å²) < 4.78 is 102. The standard InChI is InChI=1S/C62H42N6O10S2.2Na/c69-79(70,71)55-35-49(63-61-65-57(75-51-27-21-39-9-1-5-13-45(39)31-51)37-58(66-61)76-52-28-22-40-10-2-6-14-46(40)32-52)25-19-43(55)17-18-44-20-26-50(36-56(44)80(72,73)74)64-62-67-59(77-53-29-23-41-11-3-7-15-47(41)33-53)38-60(68-62)78-54-30-24-42-12-4-8-16-48(42)34-54;;/h1-38H,(H,63,65,66)(H,64,67,68)(H,69,70,71)(H,72,73,74);;/q;2*+1/p-2. The van der Waals surface area contributed by atoms with E-state index in [1.807, 2.05) is 146 Å². The largest absolute Gasteiger partial charge is 1.00 e. The molecule has 0 aliphatic rings. The van der Waals surface area contributed by atoms with Gasteiger partial charge >= 0.3 is 59.1 Å². The Balaban J connectivity index is 0.00000376. The van der Waals surface area contributed by atoms with Gasteiger partial charge in [-0.15, -0.1) is 0 Å². The van der Waals surface area contributed by atoms with E-state index in [1.165, 1.54) is 48.6 Å². The predicted octanol–water partition coefficient (Wildman–Crippen LogP) is 8.52. The zero-order valence-electron chi connectivity index (χ0n) is 43.6. The Morgan fingerprint density at radius 1 is 0.329 bits per heavy atom. The maximum absolute atomic E-state index is 12.9. The summed E-state index contributed by atoms with van der Waals surface area (Å²) in [6.07, 6.45) is 2.42. The van der Waals surface area contributed by atoms with Gasteiger partial charge in [0.15, 0.2) is 0 Å². The molecule has 0 amide bonds. The maximum Gasteiger partial charge on any atom is 1.00 e. The molecule has 0 spiro atoms. The van der Waals surface area contributed by atoms with Crippen molar-refractivity contribution in [2.45, 2.75) is 9.79 Å². The van der Waals surface area contributed by atoms with Gasteiger partial charge in [-0.2, -0.15) is 19.9 Å². The Bertz CT molecular complexity index is 4180. The van der Waals surface area contributed by atoms with Crippen LogP contribution in [0.2, 0.25) is 0 Å². The van der Waals surface area contributed by atoms with Crippen molar-refractivity contribution in [3.63, 3.8) is 0 Å². The van der Waals surface area contributed by atoms with E-state index in [1.54, 1.807) is 24.3 Å². The van der Waals surface area contributed by atoms with Crippen molar-refractivity contribution in [3.8, 4) is 46.5 Å². The average molecular weight is 1140 g/mol. The Kier molecular flexibility index (Phi) is 17.0. The van der Waals surface area contributed by atoms with Crippen molar-refractivity contribution in [1.82, 2.24) is 19.9 Å². The van der Waals surface area contributed by atoms with Gasteiger partial charge in [0.25, 0.3) is 0 Å². The van der Waals surface area contributed by atoms with E-state index in [2.05, 4.69) is 30.6 Å². The van der Waals surface area contributed by atoms with Gasteiger partial charge in [0.2, 0.25) is 35.4 Å². The third-order valence-corrected chi connectivity index (χ3v) is 14.4. The summed E-state index contributed by atoms with van der Waals surface area (Å²) in [6, 6.07) is 64.1. The van der Waals surface area contributed by atoms with Crippen molar-refractivity contribution < 1.29 is 104 Å². The smallest absolute Gasteiger partial charge is 0.744 e. The topological polar surface area (TPSA) is 227 Å². The fraction of sp³-hybridized carbons (Fsp3) is 0. The molecule has 0 bridgehead atoms. The molecule has 0 saturated carbocycles. The Hall–Kier alpha value is -8.24. The minimum Gasteiger partial charge on any atom is -0.744 e. The van der Waals surface area contributed by atoms with Gasteiger partial charge in [-0.25, -0.2) is 16.8 Å². The van der Waals surface area contributed by atoms with Crippen molar-refractivity contribution in [1.29, 1.82) is 0 Å². The molecule has 12 rings (SSSR count). The molecule has 392 valence electrons. The minimum atomic E-state index is -5.19.